The van der Waals surface area contributed by atoms with Crippen molar-refractivity contribution in [1.82, 2.24) is 5.32 Å². The molecule has 5 heteroatoms. The van der Waals surface area contributed by atoms with Gasteiger partial charge in [0.1, 0.15) is 0 Å². The van der Waals surface area contributed by atoms with Crippen LogP contribution < -0.4 is 11.1 Å². The molecule has 0 aromatic carbocycles. The molecular formula is C14H24N2O3. The van der Waals surface area contributed by atoms with E-state index >= 15 is 0 Å². The van der Waals surface area contributed by atoms with E-state index in [1.807, 2.05) is 0 Å². The Morgan fingerprint density at radius 3 is 2.37 bits per heavy atom. The molecule has 0 radical (unpaired) electrons. The van der Waals surface area contributed by atoms with Crippen molar-refractivity contribution in [2.75, 3.05) is 6.54 Å². The van der Waals surface area contributed by atoms with Gasteiger partial charge < -0.3 is 16.2 Å². The van der Waals surface area contributed by atoms with Crippen LogP contribution in [0.5, 0.6) is 0 Å². The molecule has 0 heterocycles. The van der Waals surface area contributed by atoms with Crippen LogP contribution in [0, 0.1) is 11.3 Å². The fourth-order valence-corrected chi connectivity index (χ4v) is 3.40. The molecule has 0 saturated heterocycles. The van der Waals surface area contributed by atoms with Gasteiger partial charge in [-0.15, -0.1) is 0 Å². The fourth-order valence-electron chi connectivity index (χ4n) is 3.40. The molecule has 0 bridgehead atoms. The number of carbonyl (C=O) groups is 2. The summed E-state index contributed by atoms with van der Waals surface area (Å²) in [6, 6.07) is -0.0628. The molecule has 2 saturated carbocycles. The number of nitrogens with one attached hydrogen (secondary N) is 1. The van der Waals surface area contributed by atoms with E-state index in [1.165, 1.54) is 0 Å². The maximum absolute atomic E-state index is 12.1. The van der Waals surface area contributed by atoms with E-state index in [1.54, 1.807) is 0 Å². The average Bonchev–Trinajstić information content (AvgIpc) is 2.83. The van der Waals surface area contributed by atoms with Gasteiger partial charge in [0.15, 0.2) is 0 Å². The Bertz CT molecular complexity index is 351. The molecule has 19 heavy (non-hydrogen) atoms. The molecule has 0 aromatic heterocycles. The highest BCUT2D eigenvalue weighted by molar-refractivity contribution is 5.81. The van der Waals surface area contributed by atoms with Crippen molar-refractivity contribution in [2.24, 2.45) is 17.1 Å². The van der Waals surface area contributed by atoms with Gasteiger partial charge in [0.2, 0.25) is 5.91 Å². The number of carboxylic acids is 1. The average molecular weight is 268 g/mol. The van der Waals surface area contributed by atoms with Gasteiger partial charge in [-0.05, 0) is 25.7 Å². The highest BCUT2D eigenvalue weighted by atomic mass is 16.4. The van der Waals surface area contributed by atoms with Crippen LogP contribution in [0.2, 0.25) is 0 Å². The second-order valence-corrected chi connectivity index (χ2v) is 6.07. The fraction of sp³-hybridized carbons (Fsp3) is 0.857. The Labute approximate surface area is 113 Å². The maximum Gasteiger partial charge on any atom is 0.311 e. The van der Waals surface area contributed by atoms with Gasteiger partial charge in [0, 0.05) is 12.6 Å². The Balaban J connectivity index is 1.91. The highest BCUT2D eigenvalue weighted by Gasteiger charge is 2.40. The first kappa shape index (κ1) is 14.3. The molecular weight excluding hydrogens is 244 g/mol. The topological polar surface area (TPSA) is 92.4 Å². The zero-order chi connectivity index (χ0) is 13.9. The number of rotatable bonds is 4. The van der Waals surface area contributed by atoms with E-state index in [0.717, 1.165) is 38.5 Å². The quantitative estimate of drug-likeness (QED) is 0.715. The van der Waals surface area contributed by atoms with Gasteiger partial charge in [-0.25, -0.2) is 0 Å². The van der Waals surface area contributed by atoms with Crippen molar-refractivity contribution >= 4 is 11.9 Å². The molecule has 2 aliphatic carbocycles. The predicted molar refractivity (Wildman–Crippen MR) is 71.5 cm³/mol. The number of carboxylic acid groups (broad SMARTS) is 1. The van der Waals surface area contributed by atoms with Crippen LogP contribution in [-0.2, 0) is 9.59 Å². The van der Waals surface area contributed by atoms with Crippen LogP contribution >= 0.6 is 0 Å². The van der Waals surface area contributed by atoms with Gasteiger partial charge in [0.05, 0.1) is 11.3 Å². The highest BCUT2D eigenvalue weighted by Crippen LogP contribution is 2.36. The number of carbonyl (C=O) groups excluding carboxylic acids is 1. The Hall–Kier alpha value is -1.10. The zero-order valence-corrected chi connectivity index (χ0v) is 11.4. The lowest BCUT2D eigenvalue weighted by Crippen LogP contribution is -2.47. The number of amides is 1. The summed E-state index contributed by atoms with van der Waals surface area (Å²) in [5, 5.41) is 12.3. The molecule has 0 aromatic rings. The standard InChI is InChI=1S/C14H24N2O3/c15-11-6-4-5-10(11)12(17)16-9-14(13(18)19)7-2-1-3-8-14/h10-11H,1-9,15H2,(H,16,17)(H,18,19). The minimum atomic E-state index is -0.775. The molecule has 2 aliphatic rings. The van der Waals surface area contributed by atoms with Crippen LogP contribution in [0.15, 0.2) is 0 Å². The van der Waals surface area contributed by atoms with Crippen molar-refractivity contribution < 1.29 is 14.7 Å². The van der Waals surface area contributed by atoms with E-state index in [0.29, 0.717) is 12.8 Å². The maximum atomic E-state index is 12.1. The normalized spacial score (nSPS) is 29.9. The summed E-state index contributed by atoms with van der Waals surface area (Å²) >= 11 is 0. The van der Waals surface area contributed by atoms with Crippen LogP contribution in [0.4, 0.5) is 0 Å². The Morgan fingerprint density at radius 1 is 1.16 bits per heavy atom. The lowest BCUT2D eigenvalue weighted by Gasteiger charge is -2.33. The smallest absolute Gasteiger partial charge is 0.311 e. The Morgan fingerprint density at radius 2 is 1.84 bits per heavy atom. The zero-order valence-electron chi connectivity index (χ0n) is 11.4. The van der Waals surface area contributed by atoms with Gasteiger partial charge in [0.25, 0.3) is 0 Å². The van der Waals surface area contributed by atoms with Crippen molar-refractivity contribution in [3.05, 3.63) is 0 Å². The third-order valence-electron chi connectivity index (χ3n) is 4.77. The molecule has 4 N–H and O–H groups in total. The molecule has 0 spiro atoms. The summed E-state index contributed by atoms with van der Waals surface area (Å²) in [6.45, 7) is 0.254. The number of nitrogens with two attached hydrogens (primary N) is 1. The van der Waals surface area contributed by atoms with E-state index in [-0.39, 0.29) is 24.4 Å². The van der Waals surface area contributed by atoms with Crippen LogP contribution in [0.3, 0.4) is 0 Å². The summed E-state index contributed by atoms with van der Waals surface area (Å²) < 4.78 is 0. The lowest BCUT2D eigenvalue weighted by molar-refractivity contribution is -0.151. The molecule has 2 atom stereocenters. The summed E-state index contributed by atoms with van der Waals surface area (Å²) in [5.41, 5.74) is 5.15. The minimum absolute atomic E-state index is 0.0591. The van der Waals surface area contributed by atoms with Crippen molar-refractivity contribution in [1.29, 1.82) is 0 Å². The van der Waals surface area contributed by atoms with Gasteiger partial charge in [-0.2, -0.15) is 0 Å². The summed E-state index contributed by atoms with van der Waals surface area (Å²) in [7, 11) is 0. The second kappa shape index (κ2) is 5.90. The van der Waals surface area contributed by atoms with Crippen molar-refractivity contribution in [3.63, 3.8) is 0 Å². The Kier molecular flexibility index (Phi) is 4.45. The molecule has 108 valence electrons. The van der Waals surface area contributed by atoms with Crippen molar-refractivity contribution in [2.45, 2.75) is 57.4 Å². The van der Waals surface area contributed by atoms with Gasteiger partial charge in [-0.1, -0.05) is 25.7 Å². The van der Waals surface area contributed by atoms with E-state index < -0.39 is 11.4 Å². The van der Waals surface area contributed by atoms with E-state index in [9.17, 15) is 14.7 Å². The van der Waals surface area contributed by atoms with E-state index in [2.05, 4.69) is 5.32 Å². The number of hydrogen-bond acceptors (Lipinski definition) is 3. The molecule has 0 aliphatic heterocycles. The second-order valence-electron chi connectivity index (χ2n) is 6.07. The summed E-state index contributed by atoms with van der Waals surface area (Å²) in [6.07, 6.45) is 7.00. The summed E-state index contributed by atoms with van der Waals surface area (Å²) in [5.74, 6) is -0.964. The first-order valence-electron chi connectivity index (χ1n) is 7.32. The van der Waals surface area contributed by atoms with Gasteiger partial charge in [-0.3, -0.25) is 9.59 Å². The summed E-state index contributed by atoms with van der Waals surface area (Å²) in [4.78, 5) is 23.6. The van der Waals surface area contributed by atoms with E-state index in [4.69, 9.17) is 5.73 Å². The first-order chi connectivity index (χ1) is 9.05. The molecule has 2 rings (SSSR count). The van der Waals surface area contributed by atoms with Crippen molar-refractivity contribution in [3.8, 4) is 0 Å². The monoisotopic (exact) mass is 268 g/mol. The number of hydrogen-bond donors (Lipinski definition) is 3. The predicted octanol–water partition coefficient (Wildman–Crippen LogP) is 1.27. The first-order valence-corrected chi connectivity index (χ1v) is 7.32. The van der Waals surface area contributed by atoms with Crippen LogP contribution in [0.25, 0.3) is 0 Å². The SMILES string of the molecule is NC1CCCC1C(=O)NCC1(C(=O)O)CCCCC1. The van der Waals surface area contributed by atoms with Crippen LogP contribution in [-0.4, -0.2) is 29.6 Å². The third kappa shape index (κ3) is 3.08. The van der Waals surface area contributed by atoms with Gasteiger partial charge >= 0.3 is 5.97 Å². The molecule has 2 fully saturated rings. The lowest BCUT2D eigenvalue weighted by atomic mass is 9.74. The van der Waals surface area contributed by atoms with Crippen LogP contribution in [0.1, 0.15) is 51.4 Å². The minimum Gasteiger partial charge on any atom is -0.481 e. The largest absolute Gasteiger partial charge is 0.481 e. The molecule has 1 amide bonds. The number of aliphatic carboxylic acids is 1. The third-order valence-corrected chi connectivity index (χ3v) is 4.77. The molecule has 2 unspecified atom stereocenters. The molecule has 5 nitrogen and oxygen atoms in total.